The van der Waals surface area contributed by atoms with Crippen molar-refractivity contribution in [1.82, 2.24) is 0 Å². The maximum absolute atomic E-state index is 11.4. The number of sulfone groups is 1. The Balaban J connectivity index is 3.52. The average molecular weight is 172 g/mol. The Bertz CT molecular complexity index is 326. The number of hydrogen-bond acceptors (Lipinski definition) is 2. The third kappa shape index (κ3) is 0.948. The highest BCUT2D eigenvalue weighted by atomic mass is 32.2. The standard InChI is InChI=1S/C8H12O2S/c1-5-6(2)8(4)11(9,10)7(5)3/h1-4H3. The minimum Gasteiger partial charge on any atom is -0.219 e. The van der Waals surface area contributed by atoms with Crippen LogP contribution in [-0.2, 0) is 9.84 Å². The lowest BCUT2D eigenvalue weighted by atomic mass is 10.1. The molecule has 0 amide bonds. The van der Waals surface area contributed by atoms with Crippen molar-refractivity contribution < 1.29 is 8.42 Å². The molecule has 0 N–H and O–H groups in total. The molecule has 0 bridgehead atoms. The Morgan fingerprint density at radius 3 is 1.18 bits per heavy atom. The molecule has 0 spiro atoms. The van der Waals surface area contributed by atoms with Gasteiger partial charge >= 0.3 is 0 Å². The molecular formula is C8H12O2S. The Hall–Kier alpha value is -0.570. The minimum absolute atomic E-state index is 0.507. The zero-order valence-corrected chi connectivity index (χ0v) is 8.04. The Kier molecular flexibility index (Phi) is 1.71. The van der Waals surface area contributed by atoms with Crippen LogP contribution in [0.3, 0.4) is 0 Å². The van der Waals surface area contributed by atoms with Gasteiger partial charge in [0.15, 0.2) is 9.84 Å². The molecule has 62 valence electrons. The Morgan fingerprint density at radius 1 is 0.818 bits per heavy atom. The molecule has 0 aromatic carbocycles. The first kappa shape index (κ1) is 8.53. The van der Waals surface area contributed by atoms with Crippen LogP contribution in [0, 0.1) is 0 Å². The molecule has 0 aliphatic carbocycles. The molecular weight excluding hydrogens is 160 g/mol. The van der Waals surface area contributed by atoms with E-state index in [-0.39, 0.29) is 0 Å². The van der Waals surface area contributed by atoms with Crippen molar-refractivity contribution >= 4 is 9.84 Å². The molecule has 0 saturated heterocycles. The van der Waals surface area contributed by atoms with E-state index in [9.17, 15) is 8.42 Å². The van der Waals surface area contributed by atoms with Gasteiger partial charge in [-0.2, -0.15) is 0 Å². The number of rotatable bonds is 0. The van der Waals surface area contributed by atoms with E-state index in [1.165, 1.54) is 0 Å². The molecule has 0 aromatic rings. The largest absolute Gasteiger partial charge is 0.219 e. The van der Waals surface area contributed by atoms with Crippen molar-refractivity contribution in [1.29, 1.82) is 0 Å². The van der Waals surface area contributed by atoms with Gasteiger partial charge in [-0.15, -0.1) is 0 Å². The molecule has 3 heteroatoms. The van der Waals surface area contributed by atoms with E-state index in [2.05, 4.69) is 0 Å². The summed E-state index contributed by atoms with van der Waals surface area (Å²) in [5, 5.41) is 0. The Morgan fingerprint density at radius 2 is 1.09 bits per heavy atom. The van der Waals surface area contributed by atoms with Gasteiger partial charge < -0.3 is 0 Å². The molecule has 0 unspecified atom stereocenters. The van der Waals surface area contributed by atoms with Gasteiger partial charge in [0, 0.05) is 9.81 Å². The van der Waals surface area contributed by atoms with Crippen molar-refractivity contribution in [3.8, 4) is 0 Å². The van der Waals surface area contributed by atoms with Crippen LogP contribution >= 0.6 is 0 Å². The fraction of sp³-hybridized carbons (Fsp3) is 0.500. The predicted molar refractivity (Wildman–Crippen MR) is 45.7 cm³/mol. The van der Waals surface area contributed by atoms with Crippen LogP contribution in [0.5, 0.6) is 0 Å². The second kappa shape index (κ2) is 2.21. The van der Waals surface area contributed by atoms with E-state index < -0.39 is 9.84 Å². The first-order chi connectivity index (χ1) is 4.89. The molecule has 2 nitrogen and oxygen atoms in total. The van der Waals surface area contributed by atoms with E-state index in [1.807, 2.05) is 13.8 Å². The summed E-state index contributed by atoms with van der Waals surface area (Å²) >= 11 is 0. The smallest absolute Gasteiger partial charge is 0.198 e. The first-order valence-corrected chi connectivity index (χ1v) is 4.97. The van der Waals surface area contributed by atoms with Crippen LogP contribution in [0.2, 0.25) is 0 Å². The fourth-order valence-electron chi connectivity index (χ4n) is 1.16. The zero-order valence-electron chi connectivity index (χ0n) is 7.22. The van der Waals surface area contributed by atoms with Gasteiger partial charge in [0.1, 0.15) is 0 Å². The summed E-state index contributed by atoms with van der Waals surface area (Å²) in [4.78, 5) is 1.01. The van der Waals surface area contributed by atoms with Gasteiger partial charge in [-0.3, -0.25) is 0 Å². The van der Waals surface area contributed by atoms with Gasteiger partial charge in [0.2, 0.25) is 0 Å². The fourth-order valence-corrected chi connectivity index (χ4v) is 2.73. The van der Waals surface area contributed by atoms with Gasteiger partial charge in [-0.1, -0.05) is 0 Å². The topological polar surface area (TPSA) is 34.1 Å². The van der Waals surface area contributed by atoms with E-state index in [0.717, 1.165) is 11.1 Å². The monoisotopic (exact) mass is 172 g/mol. The number of allylic oxidation sites excluding steroid dienone is 4. The molecule has 0 fully saturated rings. The molecule has 1 aliphatic rings. The highest BCUT2D eigenvalue weighted by Crippen LogP contribution is 2.34. The molecule has 1 heterocycles. The number of hydrogen-bond donors (Lipinski definition) is 0. The van der Waals surface area contributed by atoms with Gasteiger partial charge in [0.05, 0.1) is 0 Å². The quantitative estimate of drug-likeness (QED) is 0.560. The van der Waals surface area contributed by atoms with Crippen LogP contribution in [0.25, 0.3) is 0 Å². The molecule has 0 atom stereocenters. The minimum atomic E-state index is -3.04. The second-order valence-corrected chi connectivity index (χ2v) is 5.10. The van der Waals surface area contributed by atoms with E-state index >= 15 is 0 Å². The van der Waals surface area contributed by atoms with Crippen LogP contribution in [0.15, 0.2) is 21.0 Å². The molecule has 1 rings (SSSR count). The van der Waals surface area contributed by atoms with Gasteiger partial charge in [0.25, 0.3) is 0 Å². The first-order valence-electron chi connectivity index (χ1n) is 3.49. The molecule has 1 aliphatic heterocycles. The summed E-state index contributed by atoms with van der Waals surface area (Å²) in [6.45, 7) is 7.01. The normalized spacial score (nSPS) is 23.3. The van der Waals surface area contributed by atoms with Crippen molar-refractivity contribution in [3.63, 3.8) is 0 Å². The van der Waals surface area contributed by atoms with Crippen molar-refractivity contribution in [2.45, 2.75) is 27.7 Å². The van der Waals surface area contributed by atoms with Crippen molar-refractivity contribution in [2.75, 3.05) is 0 Å². The lowest BCUT2D eigenvalue weighted by Crippen LogP contribution is -1.97. The summed E-state index contributed by atoms with van der Waals surface area (Å²) in [6, 6.07) is 0. The Labute approximate surface area is 67.5 Å². The van der Waals surface area contributed by atoms with E-state index in [4.69, 9.17) is 0 Å². The zero-order chi connectivity index (χ0) is 8.81. The van der Waals surface area contributed by atoms with Gasteiger partial charge in [-0.25, -0.2) is 8.42 Å². The van der Waals surface area contributed by atoms with E-state index in [1.54, 1.807) is 13.8 Å². The summed E-state index contributed by atoms with van der Waals surface area (Å²) in [6.07, 6.45) is 0. The second-order valence-electron chi connectivity index (χ2n) is 2.87. The molecule has 0 aromatic heterocycles. The maximum Gasteiger partial charge on any atom is 0.198 e. The van der Waals surface area contributed by atoms with Crippen LogP contribution < -0.4 is 0 Å². The summed E-state index contributed by atoms with van der Waals surface area (Å²) in [7, 11) is -3.04. The third-order valence-electron chi connectivity index (χ3n) is 2.42. The van der Waals surface area contributed by atoms with Crippen molar-refractivity contribution in [3.05, 3.63) is 21.0 Å². The van der Waals surface area contributed by atoms with E-state index in [0.29, 0.717) is 9.81 Å². The molecule has 11 heavy (non-hydrogen) atoms. The third-order valence-corrected chi connectivity index (χ3v) is 4.65. The maximum atomic E-state index is 11.4. The van der Waals surface area contributed by atoms with Crippen LogP contribution in [0.1, 0.15) is 27.7 Å². The van der Waals surface area contributed by atoms with Crippen LogP contribution in [0.4, 0.5) is 0 Å². The summed E-state index contributed by atoms with van der Waals surface area (Å²) < 4.78 is 22.8. The summed E-state index contributed by atoms with van der Waals surface area (Å²) in [5.74, 6) is 0. The highest BCUT2D eigenvalue weighted by Gasteiger charge is 2.27. The molecule has 0 radical (unpaired) electrons. The average Bonchev–Trinajstić information content (AvgIpc) is 2.06. The molecule has 0 saturated carbocycles. The lowest BCUT2D eigenvalue weighted by molar-refractivity contribution is 0.608. The van der Waals surface area contributed by atoms with Crippen molar-refractivity contribution in [2.24, 2.45) is 0 Å². The summed E-state index contributed by atoms with van der Waals surface area (Å²) in [5.41, 5.74) is 1.81. The highest BCUT2D eigenvalue weighted by molar-refractivity contribution is 7.99. The lowest BCUT2D eigenvalue weighted by Gasteiger charge is -1.95. The predicted octanol–water partition coefficient (Wildman–Crippen LogP) is 2.00. The SMILES string of the molecule is CC1=C(C)S(=O)(=O)C(C)=C1C. The van der Waals surface area contributed by atoms with Gasteiger partial charge in [-0.05, 0) is 38.8 Å². The van der Waals surface area contributed by atoms with Crippen LogP contribution in [-0.4, -0.2) is 8.42 Å².